The number of carbonyl (C=O) groups is 1. The standard InChI is InChI=1S/C14H25NO14S/c1-4(17)15-7-9(19)13(22)27-5(2-16)12(7)29-14-11(21)10(20)8(18)6(28-14)3-26-30(23,24)25/h5-14,16,18-22H,2-3H2,1H3,(H,15,17)(H,23,24,25)/t5-,6-,7-,8+,9-,10+,11-,12-,13-,14+/m1/s1. The molecule has 16 heteroatoms. The average Bonchev–Trinajstić information content (AvgIpc) is 2.65. The first-order valence-corrected chi connectivity index (χ1v) is 10.1. The maximum atomic E-state index is 11.5. The van der Waals surface area contributed by atoms with Crippen molar-refractivity contribution in [1.29, 1.82) is 0 Å². The molecule has 0 aromatic carbocycles. The number of carbonyl (C=O) groups excluding carboxylic acids is 1. The van der Waals surface area contributed by atoms with Crippen LogP contribution in [0, 0.1) is 0 Å². The fourth-order valence-electron chi connectivity index (χ4n) is 3.14. The Morgan fingerprint density at radius 2 is 1.63 bits per heavy atom. The van der Waals surface area contributed by atoms with E-state index in [1.54, 1.807) is 0 Å². The third kappa shape index (κ3) is 6.02. The number of nitrogens with one attached hydrogen (secondary N) is 1. The van der Waals surface area contributed by atoms with Crippen LogP contribution in [0.15, 0.2) is 0 Å². The maximum Gasteiger partial charge on any atom is 0.397 e. The first kappa shape index (κ1) is 25.2. The van der Waals surface area contributed by atoms with Crippen molar-refractivity contribution < 1.29 is 66.8 Å². The number of hydrogen-bond donors (Lipinski definition) is 8. The van der Waals surface area contributed by atoms with Gasteiger partial charge >= 0.3 is 10.4 Å². The topological polar surface area (TPSA) is 242 Å². The van der Waals surface area contributed by atoms with Crippen LogP contribution in [-0.4, -0.2) is 124 Å². The lowest BCUT2D eigenvalue weighted by Crippen LogP contribution is -2.67. The Labute approximate surface area is 170 Å². The van der Waals surface area contributed by atoms with Crippen molar-refractivity contribution in [2.24, 2.45) is 0 Å². The Morgan fingerprint density at radius 1 is 1.00 bits per heavy atom. The molecule has 0 spiro atoms. The van der Waals surface area contributed by atoms with Crippen LogP contribution in [0.1, 0.15) is 6.92 Å². The smallest absolute Gasteiger partial charge is 0.394 e. The van der Waals surface area contributed by atoms with E-state index in [1.165, 1.54) is 0 Å². The number of rotatable bonds is 7. The van der Waals surface area contributed by atoms with Crippen molar-refractivity contribution in [1.82, 2.24) is 5.32 Å². The van der Waals surface area contributed by atoms with Crippen molar-refractivity contribution >= 4 is 16.3 Å². The lowest BCUT2D eigenvalue weighted by Gasteiger charge is -2.46. The van der Waals surface area contributed by atoms with Gasteiger partial charge in [0.2, 0.25) is 5.91 Å². The number of aliphatic hydroxyl groups is 6. The highest BCUT2D eigenvalue weighted by molar-refractivity contribution is 7.80. The molecule has 10 atom stereocenters. The van der Waals surface area contributed by atoms with E-state index in [2.05, 4.69) is 9.50 Å². The summed E-state index contributed by atoms with van der Waals surface area (Å²) in [6.45, 7) is -0.604. The van der Waals surface area contributed by atoms with Gasteiger partial charge < -0.3 is 50.2 Å². The van der Waals surface area contributed by atoms with Gasteiger partial charge in [0, 0.05) is 6.92 Å². The Balaban J connectivity index is 2.22. The minimum absolute atomic E-state index is 0.640. The summed E-state index contributed by atoms with van der Waals surface area (Å²) in [5, 5.41) is 61.8. The summed E-state index contributed by atoms with van der Waals surface area (Å²) in [7, 11) is -4.91. The van der Waals surface area contributed by atoms with Gasteiger partial charge in [-0.2, -0.15) is 8.42 Å². The van der Waals surface area contributed by atoms with Crippen LogP contribution in [0.5, 0.6) is 0 Å². The monoisotopic (exact) mass is 463 g/mol. The quantitative estimate of drug-likeness (QED) is 0.164. The van der Waals surface area contributed by atoms with Crippen molar-refractivity contribution in [3.63, 3.8) is 0 Å². The van der Waals surface area contributed by atoms with E-state index < -0.39 is 90.9 Å². The minimum atomic E-state index is -4.91. The van der Waals surface area contributed by atoms with E-state index in [-0.39, 0.29) is 0 Å². The van der Waals surface area contributed by atoms with Gasteiger partial charge in [0.15, 0.2) is 12.6 Å². The Bertz CT molecular complexity index is 690. The van der Waals surface area contributed by atoms with Crippen LogP contribution in [0.3, 0.4) is 0 Å². The molecule has 2 aliphatic rings. The predicted molar refractivity (Wildman–Crippen MR) is 90.6 cm³/mol. The zero-order valence-electron chi connectivity index (χ0n) is 15.6. The maximum absolute atomic E-state index is 11.5. The molecule has 0 aromatic heterocycles. The van der Waals surface area contributed by atoms with Gasteiger partial charge in [0.1, 0.15) is 42.7 Å². The van der Waals surface area contributed by atoms with Crippen LogP contribution in [0.25, 0.3) is 0 Å². The van der Waals surface area contributed by atoms with Gasteiger partial charge in [0.25, 0.3) is 0 Å². The molecular weight excluding hydrogens is 438 g/mol. The molecule has 0 saturated carbocycles. The summed E-state index contributed by atoms with van der Waals surface area (Å²) >= 11 is 0. The summed E-state index contributed by atoms with van der Waals surface area (Å²) in [5.74, 6) is -0.640. The fourth-order valence-corrected chi connectivity index (χ4v) is 3.44. The summed E-state index contributed by atoms with van der Waals surface area (Å²) in [4.78, 5) is 11.5. The summed E-state index contributed by atoms with van der Waals surface area (Å²) < 4.78 is 49.9. The largest absolute Gasteiger partial charge is 0.397 e. The number of amides is 1. The number of ether oxygens (including phenoxy) is 3. The zero-order chi connectivity index (χ0) is 22.8. The summed E-state index contributed by atoms with van der Waals surface area (Å²) in [6, 6.07) is -1.35. The van der Waals surface area contributed by atoms with Crippen LogP contribution in [-0.2, 0) is 33.6 Å². The second-order valence-electron chi connectivity index (χ2n) is 6.79. The second-order valence-corrected chi connectivity index (χ2v) is 7.88. The molecule has 8 N–H and O–H groups in total. The number of aliphatic hydroxyl groups excluding tert-OH is 6. The molecule has 2 heterocycles. The van der Waals surface area contributed by atoms with E-state index in [4.69, 9.17) is 18.8 Å². The lowest BCUT2D eigenvalue weighted by molar-refractivity contribution is -0.342. The van der Waals surface area contributed by atoms with Crippen molar-refractivity contribution in [2.75, 3.05) is 13.2 Å². The minimum Gasteiger partial charge on any atom is -0.394 e. The number of hydrogen-bond acceptors (Lipinski definition) is 13. The highest BCUT2D eigenvalue weighted by atomic mass is 32.3. The fraction of sp³-hybridized carbons (Fsp3) is 0.929. The normalized spacial score (nSPS) is 42.7. The molecule has 0 radical (unpaired) electrons. The van der Waals surface area contributed by atoms with Crippen LogP contribution >= 0.6 is 0 Å². The highest BCUT2D eigenvalue weighted by Gasteiger charge is 2.51. The lowest BCUT2D eigenvalue weighted by atomic mass is 9.95. The second kappa shape index (κ2) is 10.1. The van der Waals surface area contributed by atoms with Gasteiger partial charge in [-0.05, 0) is 0 Å². The van der Waals surface area contributed by atoms with E-state index >= 15 is 0 Å². The van der Waals surface area contributed by atoms with Crippen LogP contribution in [0.4, 0.5) is 0 Å². The molecule has 0 aromatic rings. The van der Waals surface area contributed by atoms with E-state index in [0.717, 1.165) is 6.92 Å². The van der Waals surface area contributed by atoms with E-state index in [9.17, 15) is 43.9 Å². The Kier molecular flexibility index (Phi) is 8.47. The van der Waals surface area contributed by atoms with Crippen molar-refractivity contribution in [3.05, 3.63) is 0 Å². The first-order valence-electron chi connectivity index (χ1n) is 8.72. The third-order valence-corrected chi connectivity index (χ3v) is 5.02. The molecule has 1 amide bonds. The molecule has 176 valence electrons. The summed E-state index contributed by atoms with van der Waals surface area (Å²) in [6.07, 6.45) is -15.3. The first-order chi connectivity index (χ1) is 13.9. The van der Waals surface area contributed by atoms with E-state index in [0.29, 0.717) is 0 Å². The van der Waals surface area contributed by atoms with Crippen LogP contribution in [0.2, 0.25) is 0 Å². The van der Waals surface area contributed by atoms with Gasteiger partial charge in [-0.3, -0.25) is 9.35 Å². The molecule has 0 unspecified atom stereocenters. The van der Waals surface area contributed by atoms with Gasteiger partial charge in [-0.15, -0.1) is 0 Å². The predicted octanol–water partition coefficient (Wildman–Crippen LogP) is -5.43. The molecule has 2 rings (SSSR count). The van der Waals surface area contributed by atoms with Gasteiger partial charge in [-0.1, -0.05) is 0 Å². The van der Waals surface area contributed by atoms with Crippen LogP contribution < -0.4 is 5.32 Å². The highest BCUT2D eigenvalue weighted by Crippen LogP contribution is 2.29. The molecule has 15 nitrogen and oxygen atoms in total. The van der Waals surface area contributed by atoms with Gasteiger partial charge in [-0.25, -0.2) is 4.18 Å². The molecule has 2 saturated heterocycles. The molecule has 2 fully saturated rings. The Hall–Kier alpha value is -1.02. The molecular formula is C14H25NO14S. The molecule has 0 aliphatic carbocycles. The molecule has 0 bridgehead atoms. The molecule has 2 aliphatic heterocycles. The SMILES string of the molecule is CC(=O)N[C@@H]1[C@@H](O)[C@H](O)O[C@H](CO)[C@H]1O[C@@H]1O[C@H](COS(=O)(=O)O)[C@H](O)[C@H](O)[C@H]1O. The van der Waals surface area contributed by atoms with Gasteiger partial charge in [0.05, 0.1) is 19.3 Å². The Morgan fingerprint density at radius 3 is 2.17 bits per heavy atom. The van der Waals surface area contributed by atoms with E-state index in [1.807, 2.05) is 0 Å². The summed E-state index contributed by atoms with van der Waals surface area (Å²) in [5.41, 5.74) is 0. The van der Waals surface area contributed by atoms with Crippen molar-refractivity contribution in [2.45, 2.75) is 68.3 Å². The van der Waals surface area contributed by atoms with Crippen molar-refractivity contribution in [3.8, 4) is 0 Å². The molecule has 30 heavy (non-hydrogen) atoms. The third-order valence-electron chi connectivity index (χ3n) is 4.59. The average molecular weight is 463 g/mol. The zero-order valence-corrected chi connectivity index (χ0v) is 16.4.